The van der Waals surface area contributed by atoms with E-state index in [1.807, 2.05) is 13.1 Å². The maximum atomic E-state index is 11.5. The molecule has 1 aromatic rings. The molecule has 0 aliphatic heterocycles. The number of hydrogen-bond acceptors (Lipinski definition) is 4. The molecule has 0 spiro atoms. The number of hydrogen-bond donors (Lipinski definition) is 1. The lowest BCUT2D eigenvalue weighted by molar-refractivity contribution is -0.141. The van der Waals surface area contributed by atoms with Gasteiger partial charge in [0, 0.05) is 6.04 Å². The van der Waals surface area contributed by atoms with Gasteiger partial charge in [-0.15, -0.1) is 0 Å². The van der Waals surface area contributed by atoms with Crippen LogP contribution in [0.5, 0.6) is 5.75 Å². The van der Waals surface area contributed by atoms with Crippen molar-refractivity contribution >= 4 is 5.97 Å². The van der Waals surface area contributed by atoms with Gasteiger partial charge in [0.2, 0.25) is 0 Å². The lowest BCUT2D eigenvalue weighted by Gasteiger charge is -2.23. The van der Waals surface area contributed by atoms with Gasteiger partial charge in [0.25, 0.3) is 0 Å². The number of methoxy groups -OCH3 is 2. The molecule has 1 atom stereocenters. The first-order valence-corrected chi connectivity index (χ1v) is 7.23. The zero-order valence-electron chi connectivity index (χ0n) is 13.9. The van der Waals surface area contributed by atoms with E-state index in [2.05, 4.69) is 38.2 Å². The number of esters is 1. The van der Waals surface area contributed by atoms with E-state index in [9.17, 15) is 4.79 Å². The average molecular weight is 293 g/mol. The molecule has 118 valence electrons. The maximum absolute atomic E-state index is 11.5. The van der Waals surface area contributed by atoms with Crippen LogP contribution in [0, 0.1) is 0 Å². The van der Waals surface area contributed by atoms with E-state index < -0.39 is 0 Å². The van der Waals surface area contributed by atoms with Gasteiger partial charge in [-0.2, -0.15) is 0 Å². The van der Waals surface area contributed by atoms with Crippen molar-refractivity contribution < 1.29 is 14.3 Å². The summed E-state index contributed by atoms with van der Waals surface area (Å²) in [4.78, 5) is 11.5. The highest BCUT2D eigenvalue weighted by Gasteiger charge is 2.19. The molecular formula is C17H27NO3. The first kappa shape index (κ1) is 17.5. The first-order valence-electron chi connectivity index (χ1n) is 7.23. The molecule has 0 radical (unpaired) electrons. The number of likely N-dealkylation sites (N-methyl/N-ethyl adjacent to an activating group) is 1. The van der Waals surface area contributed by atoms with Gasteiger partial charge in [-0.25, -0.2) is 0 Å². The summed E-state index contributed by atoms with van der Waals surface area (Å²) in [6.07, 6.45) is 1.06. The van der Waals surface area contributed by atoms with Crippen molar-refractivity contribution in [2.45, 2.75) is 45.1 Å². The minimum absolute atomic E-state index is 0.0292. The van der Waals surface area contributed by atoms with Crippen molar-refractivity contribution in [3.05, 3.63) is 29.3 Å². The fraction of sp³-hybridized carbons (Fsp3) is 0.588. The van der Waals surface area contributed by atoms with Crippen molar-refractivity contribution in [2.75, 3.05) is 21.3 Å². The Morgan fingerprint density at radius 1 is 1.29 bits per heavy atom. The summed E-state index contributed by atoms with van der Waals surface area (Å²) in [6, 6.07) is 6.29. The van der Waals surface area contributed by atoms with E-state index in [4.69, 9.17) is 9.47 Å². The zero-order valence-corrected chi connectivity index (χ0v) is 13.9. The minimum Gasteiger partial charge on any atom is -0.496 e. The lowest BCUT2D eigenvalue weighted by atomic mass is 9.85. The summed E-state index contributed by atoms with van der Waals surface area (Å²) in [5.41, 5.74) is 2.44. The van der Waals surface area contributed by atoms with Gasteiger partial charge in [0.05, 0.1) is 20.6 Å². The van der Waals surface area contributed by atoms with Crippen LogP contribution in [0.1, 0.15) is 38.3 Å². The third-order valence-corrected chi connectivity index (χ3v) is 3.66. The Hall–Kier alpha value is -1.55. The lowest BCUT2D eigenvalue weighted by Crippen LogP contribution is -2.31. The second kappa shape index (κ2) is 7.46. The Morgan fingerprint density at radius 3 is 2.43 bits per heavy atom. The fourth-order valence-corrected chi connectivity index (χ4v) is 2.23. The van der Waals surface area contributed by atoms with Gasteiger partial charge in [-0.3, -0.25) is 4.79 Å². The molecule has 1 aromatic carbocycles. The monoisotopic (exact) mass is 293 g/mol. The molecule has 0 aliphatic rings. The Morgan fingerprint density at radius 2 is 1.95 bits per heavy atom. The van der Waals surface area contributed by atoms with Gasteiger partial charge >= 0.3 is 5.97 Å². The maximum Gasteiger partial charge on any atom is 0.307 e. The number of benzene rings is 1. The number of ether oxygens (including phenoxy) is 2. The summed E-state index contributed by atoms with van der Waals surface area (Å²) in [5.74, 6) is 0.647. The normalized spacial score (nSPS) is 12.9. The number of rotatable bonds is 6. The van der Waals surface area contributed by atoms with Gasteiger partial charge < -0.3 is 14.8 Å². The number of carbonyl (C=O) groups excluding carboxylic acids is 1. The van der Waals surface area contributed by atoms with E-state index in [1.165, 1.54) is 12.7 Å². The van der Waals surface area contributed by atoms with Gasteiger partial charge in [-0.1, -0.05) is 32.9 Å². The SMILES string of the molecule is CNC(CC(=O)OC)Cc1cc(C(C)(C)C)ccc1OC. The van der Waals surface area contributed by atoms with Crippen LogP contribution in [0.25, 0.3) is 0 Å². The van der Waals surface area contributed by atoms with Crippen LogP contribution in [-0.4, -0.2) is 33.3 Å². The molecule has 0 heterocycles. The molecular weight excluding hydrogens is 266 g/mol. The van der Waals surface area contributed by atoms with Crippen molar-refractivity contribution in [1.82, 2.24) is 5.32 Å². The van der Waals surface area contributed by atoms with E-state index in [0.717, 1.165) is 17.7 Å². The molecule has 0 fully saturated rings. The predicted molar refractivity (Wildman–Crippen MR) is 84.9 cm³/mol. The number of nitrogens with one attached hydrogen (secondary N) is 1. The fourth-order valence-electron chi connectivity index (χ4n) is 2.23. The quantitative estimate of drug-likeness (QED) is 0.819. The smallest absolute Gasteiger partial charge is 0.307 e. The molecule has 4 heteroatoms. The summed E-state index contributed by atoms with van der Waals surface area (Å²) in [5, 5.41) is 3.17. The molecule has 0 aromatic heterocycles. The highest BCUT2D eigenvalue weighted by molar-refractivity contribution is 5.70. The van der Waals surface area contributed by atoms with E-state index >= 15 is 0 Å². The van der Waals surface area contributed by atoms with E-state index in [-0.39, 0.29) is 17.4 Å². The molecule has 0 saturated heterocycles. The highest BCUT2D eigenvalue weighted by Crippen LogP contribution is 2.29. The van der Waals surface area contributed by atoms with E-state index in [0.29, 0.717) is 6.42 Å². The zero-order chi connectivity index (χ0) is 16.0. The molecule has 4 nitrogen and oxygen atoms in total. The van der Waals surface area contributed by atoms with Crippen LogP contribution < -0.4 is 10.1 Å². The third kappa shape index (κ3) is 5.05. The van der Waals surface area contributed by atoms with Crippen molar-refractivity contribution in [2.24, 2.45) is 0 Å². The minimum atomic E-state index is -0.208. The van der Waals surface area contributed by atoms with Gasteiger partial charge in [-0.05, 0) is 36.1 Å². The topological polar surface area (TPSA) is 47.6 Å². The van der Waals surface area contributed by atoms with Crippen LogP contribution in [0.2, 0.25) is 0 Å². The molecule has 1 rings (SSSR count). The molecule has 1 N–H and O–H groups in total. The summed E-state index contributed by atoms with van der Waals surface area (Å²) in [7, 11) is 4.94. The standard InChI is InChI=1S/C17H27NO3/c1-17(2,3)13-7-8-15(20-5)12(9-13)10-14(18-4)11-16(19)21-6/h7-9,14,18H,10-11H2,1-6H3. The van der Waals surface area contributed by atoms with Crippen LogP contribution in [0.4, 0.5) is 0 Å². The molecule has 0 bridgehead atoms. The summed E-state index contributed by atoms with van der Waals surface area (Å²) in [6.45, 7) is 6.55. The largest absolute Gasteiger partial charge is 0.496 e. The van der Waals surface area contributed by atoms with E-state index in [1.54, 1.807) is 7.11 Å². The second-order valence-corrected chi connectivity index (χ2v) is 6.25. The molecule has 21 heavy (non-hydrogen) atoms. The van der Waals surface area contributed by atoms with Crippen molar-refractivity contribution in [3.63, 3.8) is 0 Å². The second-order valence-electron chi connectivity index (χ2n) is 6.25. The first-order chi connectivity index (χ1) is 9.81. The van der Waals surface area contributed by atoms with Gasteiger partial charge in [0.15, 0.2) is 0 Å². The average Bonchev–Trinajstić information content (AvgIpc) is 2.45. The molecule has 0 amide bonds. The van der Waals surface area contributed by atoms with Crippen LogP contribution in [0.15, 0.2) is 18.2 Å². The third-order valence-electron chi connectivity index (χ3n) is 3.66. The Kier molecular flexibility index (Phi) is 6.21. The molecule has 0 saturated carbocycles. The van der Waals surface area contributed by atoms with Crippen LogP contribution in [-0.2, 0) is 21.4 Å². The highest BCUT2D eigenvalue weighted by atomic mass is 16.5. The number of carbonyl (C=O) groups is 1. The Balaban J connectivity index is 3.00. The molecule has 1 unspecified atom stereocenters. The van der Waals surface area contributed by atoms with Crippen molar-refractivity contribution in [3.8, 4) is 5.75 Å². The summed E-state index contributed by atoms with van der Waals surface area (Å²) < 4.78 is 10.2. The Labute approximate surface area is 127 Å². The van der Waals surface area contributed by atoms with Crippen molar-refractivity contribution in [1.29, 1.82) is 0 Å². The summed E-state index contributed by atoms with van der Waals surface area (Å²) >= 11 is 0. The Bertz CT molecular complexity index is 477. The predicted octanol–water partition coefficient (Wildman–Crippen LogP) is 2.69. The van der Waals surface area contributed by atoms with Crippen LogP contribution in [0.3, 0.4) is 0 Å². The van der Waals surface area contributed by atoms with Gasteiger partial charge in [0.1, 0.15) is 5.75 Å². The molecule has 0 aliphatic carbocycles. The van der Waals surface area contributed by atoms with Crippen LogP contribution >= 0.6 is 0 Å².